The number of amides is 2. The second kappa shape index (κ2) is 9.74. The minimum Gasteiger partial charge on any atom is -0.267 e. The van der Waals surface area contributed by atoms with Crippen molar-refractivity contribution < 1.29 is 18.0 Å². The van der Waals surface area contributed by atoms with Gasteiger partial charge < -0.3 is 0 Å². The van der Waals surface area contributed by atoms with Gasteiger partial charge in [0.2, 0.25) is 10.0 Å². The van der Waals surface area contributed by atoms with Gasteiger partial charge in [0.15, 0.2) is 5.82 Å². The number of hydrazine groups is 1. The van der Waals surface area contributed by atoms with Crippen molar-refractivity contribution in [3.8, 4) is 5.82 Å². The zero-order valence-electron chi connectivity index (χ0n) is 18.9. The number of nitrogens with one attached hydrogen (secondary N) is 2. The minimum absolute atomic E-state index is 0.0361. The van der Waals surface area contributed by atoms with Gasteiger partial charge in [0.1, 0.15) is 0 Å². The highest BCUT2D eigenvalue weighted by molar-refractivity contribution is 7.89. The van der Waals surface area contributed by atoms with Gasteiger partial charge >= 0.3 is 0 Å². The van der Waals surface area contributed by atoms with E-state index in [1.807, 2.05) is 19.9 Å². The van der Waals surface area contributed by atoms with Gasteiger partial charge in [0.05, 0.1) is 22.3 Å². The maximum atomic E-state index is 12.8. The van der Waals surface area contributed by atoms with Gasteiger partial charge in [0.25, 0.3) is 11.8 Å². The molecule has 3 aromatic rings. The van der Waals surface area contributed by atoms with Gasteiger partial charge in [-0.15, -0.1) is 0 Å². The summed E-state index contributed by atoms with van der Waals surface area (Å²) in [5.74, 6) is -0.543. The highest BCUT2D eigenvalue weighted by Gasteiger charge is 2.27. The SMILES string of the molecule is CC(C)c1c(C(=O)NNC(=O)c2ccc(S(=O)(=O)N3CCCC3)cc2)cnn1-c1ccccn1. The number of sulfonamides is 1. The van der Waals surface area contributed by atoms with Crippen LogP contribution < -0.4 is 10.9 Å². The zero-order valence-corrected chi connectivity index (χ0v) is 19.7. The zero-order chi connectivity index (χ0) is 24.3. The van der Waals surface area contributed by atoms with E-state index >= 15 is 0 Å². The molecule has 0 atom stereocenters. The summed E-state index contributed by atoms with van der Waals surface area (Å²) in [7, 11) is -3.56. The predicted molar refractivity (Wildman–Crippen MR) is 125 cm³/mol. The Bertz CT molecular complexity index is 1280. The van der Waals surface area contributed by atoms with Crippen LogP contribution in [0.4, 0.5) is 0 Å². The van der Waals surface area contributed by atoms with Crippen LogP contribution >= 0.6 is 0 Å². The molecule has 0 radical (unpaired) electrons. The van der Waals surface area contributed by atoms with E-state index < -0.39 is 21.8 Å². The van der Waals surface area contributed by atoms with E-state index in [2.05, 4.69) is 20.9 Å². The molecular formula is C23H26N6O4S. The lowest BCUT2D eigenvalue weighted by Crippen LogP contribution is -2.42. The maximum Gasteiger partial charge on any atom is 0.273 e. The highest BCUT2D eigenvalue weighted by Crippen LogP contribution is 2.23. The molecule has 3 heterocycles. The lowest BCUT2D eigenvalue weighted by Gasteiger charge is -2.15. The quantitative estimate of drug-likeness (QED) is 0.519. The van der Waals surface area contributed by atoms with Gasteiger partial charge in [0, 0.05) is 24.8 Å². The van der Waals surface area contributed by atoms with Crippen LogP contribution in [0.25, 0.3) is 5.82 Å². The van der Waals surface area contributed by atoms with Crippen LogP contribution in [0.15, 0.2) is 59.8 Å². The van der Waals surface area contributed by atoms with Gasteiger partial charge in [-0.1, -0.05) is 19.9 Å². The van der Waals surface area contributed by atoms with Gasteiger partial charge in [-0.05, 0) is 55.2 Å². The first-order valence-electron chi connectivity index (χ1n) is 11.0. The molecule has 0 saturated carbocycles. The number of nitrogens with zero attached hydrogens (tertiary/aromatic N) is 4. The molecule has 178 valence electrons. The van der Waals surface area contributed by atoms with Crippen molar-refractivity contribution in [1.29, 1.82) is 0 Å². The summed E-state index contributed by atoms with van der Waals surface area (Å²) in [6, 6.07) is 11.0. The van der Waals surface area contributed by atoms with Crippen LogP contribution in [-0.2, 0) is 10.0 Å². The Hall–Kier alpha value is -3.57. The first-order valence-corrected chi connectivity index (χ1v) is 12.4. The van der Waals surface area contributed by atoms with Crippen molar-refractivity contribution in [1.82, 2.24) is 29.9 Å². The fourth-order valence-corrected chi connectivity index (χ4v) is 5.38. The molecule has 11 heteroatoms. The maximum absolute atomic E-state index is 12.8. The second-order valence-corrected chi connectivity index (χ2v) is 10.2. The van der Waals surface area contributed by atoms with E-state index in [9.17, 15) is 18.0 Å². The molecule has 1 saturated heterocycles. The Labute approximate surface area is 198 Å². The molecule has 2 aromatic heterocycles. The van der Waals surface area contributed by atoms with Crippen LogP contribution in [-0.4, -0.2) is 52.4 Å². The van der Waals surface area contributed by atoms with Gasteiger partial charge in [-0.2, -0.15) is 9.40 Å². The summed E-state index contributed by atoms with van der Waals surface area (Å²) >= 11 is 0. The number of aromatic nitrogens is 3. The van der Waals surface area contributed by atoms with Crippen LogP contribution in [0.2, 0.25) is 0 Å². The van der Waals surface area contributed by atoms with E-state index in [0.717, 1.165) is 12.8 Å². The number of rotatable bonds is 6. The highest BCUT2D eigenvalue weighted by atomic mass is 32.2. The topological polar surface area (TPSA) is 126 Å². The molecular weight excluding hydrogens is 456 g/mol. The standard InChI is InChI=1S/C23H26N6O4S/c1-16(2)21-19(15-25-29(21)20-7-3-4-12-24-20)23(31)27-26-22(30)17-8-10-18(11-9-17)34(32,33)28-13-5-6-14-28/h3-4,7-12,15-16H,5-6,13-14H2,1-2H3,(H,26,30)(H,27,31). The van der Waals surface area contributed by atoms with Crippen molar-refractivity contribution in [3.05, 3.63) is 71.7 Å². The Morgan fingerprint density at radius 1 is 0.971 bits per heavy atom. The van der Waals surface area contributed by atoms with E-state index in [1.54, 1.807) is 23.0 Å². The minimum atomic E-state index is -3.56. The first-order chi connectivity index (χ1) is 16.3. The molecule has 10 nitrogen and oxygen atoms in total. The summed E-state index contributed by atoms with van der Waals surface area (Å²) in [5, 5.41) is 4.30. The first kappa shape index (κ1) is 23.6. The summed E-state index contributed by atoms with van der Waals surface area (Å²) in [6.07, 6.45) is 4.77. The van der Waals surface area contributed by atoms with Crippen molar-refractivity contribution in [2.75, 3.05) is 13.1 Å². The average molecular weight is 483 g/mol. The monoisotopic (exact) mass is 482 g/mol. The molecule has 2 amide bonds. The number of benzene rings is 1. The predicted octanol–water partition coefficient (Wildman–Crippen LogP) is 2.25. The number of hydrogen-bond acceptors (Lipinski definition) is 6. The summed E-state index contributed by atoms with van der Waals surface area (Å²) in [4.78, 5) is 29.7. The molecule has 2 N–H and O–H groups in total. The van der Waals surface area contributed by atoms with Crippen LogP contribution in [0.1, 0.15) is 59.0 Å². The summed E-state index contributed by atoms with van der Waals surface area (Å²) in [5.41, 5.74) is 5.97. The Balaban J connectivity index is 1.44. The van der Waals surface area contributed by atoms with Crippen molar-refractivity contribution in [2.45, 2.75) is 37.5 Å². The molecule has 0 bridgehead atoms. The third-order valence-electron chi connectivity index (χ3n) is 5.57. The number of pyridine rings is 1. The van der Waals surface area contributed by atoms with E-state index in [0.29, 0.717) is 30.2 Å². The molecule has 0 aliphatic carbocycles. The second-order valence-electron chi connectivity index (χ2n) is 8.24. The van der Waals surface area contributed by atoms with Crippen LogP contribution in [0, 0.1) is 0 Å². The Kier molecular flexibility index (Phi) is 6.75. The van der Waals surface area contributed by atoms with Gasteiger partial charge in [-0.3, -0.25) is 20.4 Å². The molecule has 0 unspecified atom stereocenters. The number of carbonyl (C=O) groups excluding carboxylic acids is 2. The summed E-state index contributed by atoms with van der Waals surface area (Å²) < 4.78 is 28.3. The normalized spacial score (nSPS) is 14.3. The Morgan fingerprint density at radius 2 is 1.65 bits per heavy atom. The smallest absolute Gasteiger partial charge is 0.267 e. The van der Waals surface area contributed by atoms with Gasteiger partial charge in [-0.25, -0.2) is 18.1 Å². The number of carbonyl (C=O) groups is 2. The van der Waals surface area contributed by atoms with E-state index in [1.165, 1.54) is 34.8 Å². The largest absolute Gasteiger partial charge is 0.273 e. The Morgan fingerprint density at radius 3 is 2.26 bits per heavy atom. The third-order valence-corrected chi connectivity index (χ3v) is 7.49. The number of hydrogen-bond donors (Lipinski definition) is 2. The lowest BCUT2D eigenvalue weighted by atomic mass is 10.1. The van der Waals surface area contributed by atoms with Crippen LogP contribution in [0.3, 0.4) is 0 Å². The van der Waals surface area contributed by atoms with Crippen molar-refractivity contribution in [2.24, 2.45) is 0 Å². The third kappa shape index (κ3) is 4.70. The van der Waals surface area contributed by atoms with Crippen molar-refractivity contribution >= 4 is 21.8 Å². The molecule has 34 heavy (non-hydrogen) atoms. The molecule has 4 rings (SSSR count). The lowest BCUT2D eigenvalue weighted by molar-refractivity contribution is 0.0846. The molecule has 1 aromatic carbocycles. The average Bonchev–Trinajstić information content (AvgIpc) is 3.54. The summed E-state index contributed by atoms with van der Waals surface area (Å²) in [6.45, 7) is 4.88. The van der Waals surface area contributed by atoms with Crippen molar-refractivity contribution in [3.63, 3.8) is 0 Å². The fraction of sp³-hybridized carbons (Fsp3) is 0.304. The van der Waals surface area contributed by atoms with E-state index in [-0.39, 0.29) is 16.4 Å². The van der Waals surface area contributed by atoms with E-state index in [4.69, 9.17) is 0 Å². The molecule has 1 aliphatic heterocycles. The molecule has 0 spiro atoms. The fourth-order valence-electron chi connectivity index (χ4n) is 3.86. The molecule has 1 fully saturated rings. The van der Waals surface area contributed by atoms with Crippen LogP contribution in [0.5, 0.6) is 0 Å². The molecule has 1 aliphatic rings.